The Balaban J connectivity index is 1.04. The second-order valence-corrected chi connectivity index (χ2v) is 13.6. The van der Waals surface area contributed by atoms with E-state index < -0.39 is 0 Å². The first-order valence-electron chi connectivity index (χ1n) is 17.0. The van der Waals surface area contributed by atoms with Crippen LogP contribution >= 0.6 is 11.6 Å². The van der Waals surface area contributed by atoms with Crippen LogP contribution in [0.2, 0.25) is 5.02 Å². The van der Waals surface area contributed by atoms with Crippen LogP contribution in [0.3, 0.4) is 0 Å². The van der Waals surface area contributed by atoms with Crippen LogP contribution in [-0.4, -0.2) is 97.1 Å². The highest BCUT2D eigenvalue weighted by atomic mass is 35.5. The van der Waals surface area contributed by atoms with Gasteiger partial charge in [-0.1, -0.05) is 17.7 Å². The summed E-state index contributed by atoms with van der Waals surface area (Å²) in [4.78, 5) is 11.8. The minimum Gasteiger partial charge on any atom is -0.487 e. The van der Waals surface area contributed by atoms with Crippen LogP contribution in [0.4, 0.5) is 11.6 Å². The van der Waals surface area contributed by atoms with Crippen molar-refractivity contribution in [2.24, 2.45) is 7.05 Å². The van der Waals surface area contributed by atoms with E-state index in [0.717, 1.165) is 49.9 Å². The highest BCUT2D eigenvalue weighted by Crippen LogP contribution is 2.36. The fraction of sp³-hybridized carbons (Fsp3) is 0.515. The summed E-state index contributed by atoms with van der Waals surface area (Å²) in [7, 11) is 1.88. The fourth-order valence-corrected chi connectivity index (χ4v) is 6.91. The maximum atomic E-state index is 6.47. The summed E-state index contributed by atoms with van der Waals surface area (Å²) in [5.74, 6) is 2.11. The first kappa shape index (κ1) is 33.8. The summed E-state index contributed by atoms with van der Waals surface area (Å²) in [6, 6.07) is 6.41. The number of aryl methyl sites for hydroxylation is 1. The largest absolute Gasteiger partial charge is 0.487 e. The van der Waals surface area contributed by atoms with Crippen LogP contribution in [0.25, 0.3) is 11.1 Å². The number of hydrogen-bond donors (Lipinski definition) is 1. The Kier molecular flexibility index (Phi) is 10.2. The van der Waals surface area contributed by atoms with E-state index in [4.69, 9.17) is 30.9 Å². The van der Waals surface area contributed by atoms with Crippen molar-refractivity contribution in [3.63, 3.8) is 0 Å². The van der Waals surface area contributed by atoms with Crippen molar-refractivity contribution in [1.82, 2.24) is 59.6 Å². The molecular weight excluding hydrogens is 662 g/mol. The molecule has 1 aliphatic carbocycles. The smallest absolute Gasteiger partial charge is 0.257 e. The van der Waals surface area contributed by atoms with E-state index in [1.807, 2.05) is 41.5 Å². The molecule has 4 aromatic heterocycles. The molecule has 0 radical (unpaired) electrons. The highest BCUT2D eigenvalue weighted by Gasteiger charge is 2.32. The molecule has 1 aromatic carbocycles. The fourth-order valence-electron chi connectivity index (χ4n) is 6.75. The molecule has 1 unspecified atom stereocenters. The predicted molar refractivity (Wildman–Crippen MR) is 184 cm³/mol. The number of rotatable bonds is 12. The lowest BCUT2D eigenvalue weighted by molar-refractivity contribution is -0.0852. The second kappa shape index (κ2) is 15.1. The number of nitrogens with zero attached hydrogens (tertiary/aromatic N) is 12. The molecule has 1 aliphatic heterocycles. The lowest BCUT2D eigenvalue weighted by Gasteiger charge is -2.42. The zero-order valence-corrected chi connectivity index (χ0v) is 29.4. The van der Waals surface area contributed by atoms with Gasteiger partial charge in [0.25, 0.3) is 5.88 Å². The van der Waals surface area contributed by atoms with Crippen molar-refractivity contribution in [1.29, 1.82) is 0 Å². The summed E-state index contributed by atoms with van der Waals surface area (Å²) < 4.78 is 23.7. The first-order chi connectivity index (χ1) is 24.3. The number of benzene rings is 1. The Morgan fingerprint density at radius 3 is 2.46 bits per heavy atom. The average molecular weight is 704 g/mol. The summed E-state index contributed by atoms with van der Waals surface area (Å²) in [5, 5.41) is 28.1. The van der Waals surface area contributed by atoms with Crippen molar-refractivity contribution in [2.75, 3.05) is 18.4 Å². The summed E-state index contributed by atoms with van der Waals surface area (Å²) in [6.45, 7) is 8.94. The Morgan fingerprint density at radius 2 is 1.76 bits per heavy atom. The standard InChI is InChI=1S/C33H42ClN13O3/c1-21-14-45(15-22(2)49-21)26-6-8-27(9-7-26)47-17-29(32(41-47)48-18-31-40-37-19-44(31)4)39-33-35-12-25(13-36-33)24-5-10-28(34)30(11-24)50-23(3)16-46-20-38-42-43-46/h5,10-13,17,19-23,26-27H,6-9,14-16,18H2,1-4H3,(H,35,36,39)/t21-,22+,23?,26?,27?. The van der Waals surface area contributed by atoms with Gasteiger partial charge in [0.05, 0.1) is 36.0 Å². The van der Waals surface area contributed by atoms with E-state index in [1.54, 1.807) is 35.8 Å². The van der Waals surface area contributed by atoms with Gasteiger partial charge < -0.3 is 24.1 Å². The maximum Gasteiger partial charge on any atom is 0.257 e. The molecular formula is C33H42ClN13O3. The van der Waals surface area contributed by atoms with Gasteiger partial charge in [0.1, 0.15) is 36.8 Å². The lowest BCUT2D eigenvalue weighted by atomic mass is 9.89. The van der Waals surface area contributed by atoms with Crippen LogP contribution < -0.4 is 14.8 Å². The third-order valence-electron chi connectivity index (χ3n) is 9.17. The summed E-state index contributed by atoms with van der Waals surface area (Å²) in [5.41, 5.74) is 2.35. The van der Waals surface area contributed by atoms with Crippen molar-refractivity contribution < 1.29 is 14.2 Å². The molecule has 0 amide bonds. The van der Waals surface area contributed by atoms with Gasteiger partial charge in [-0.05, 0) is 74.6 Å². The topological polar surface area (TPSA) is 161 Å². The molecule has 5 heterocycles. The van der Waals surface area contributed by atoms with E-state index in [-0.39, 0.29) is 31.0 Å². The van der Waals surface area contributed by atoms with Gasteiger partial charge in [-0.25, -0.2) is 14.6 Å². The molecule has 1 saturated heterocycles. The van der Waals surface area contributed by atoms with E-state index >= 15 is 0 Å². The zero-order valence-electron chi connectivity index (χ0n) is 28.6. The molecule has 2 fully saturated rings. The Morgan fingerprint density at radius 1 is 1.00 bits per heavy atom. The molecule has 264 valence electrons. The van der Waals surface area contributed by atoms with Crippen LogP contribution in [0.15, 0.2) is 49.4 Å². The SMILES string of the molecule is CC(Cn1cnnn1)Oc1cc(-c2cnc(Nc3cn(C4CCC(N5C[C@@H](C)O[C@@H](C)C5)CC4)nc3OCc3nncn3C)nc2)ccc1Cl. The maximum absolute atomic E-state index is 6.47. The van der Waals surface area contributed by atoms with E-state index in [2.05, 4.69) is 59.8 Å². The van der Waals surface area contributed by atoms with Gasteiger partial charge >= 0.3 is 0 Å². The minimum atomic E-state index is -0.215. The van der Waals surface area contributed by atoms with Crippen LogP contribution in [0.1, 0.15) is 58.3 Å². The van der Waals surface area contributed by atoms with Gasteiger partial charge in [-0.2, -0.15) is 0 Å². The van der Waals surface area contributed by atoms with Crippen LogP contribution in [-0.2, 0) is 24.9 Å². The molecule has 2 aliphatic rings. The number of anilines is 2. The third-order valence-corrected chi connectivity index (χ3v) is 9.48. The molecule has 7 rings (SSSR count). The van der Waals surface area contributed by atoms with E-state index in [9.17, 15) is 0 Å². The third kappa shape index (κ3) is 8.03. The Bertz CT molecular complexity index is 1830. The molecule has 50 heavy (non-hydrogen) atoms. The van der Waals surface area contributed by atoms with Gasteiger partial charge in [0, 0.05) is 44.1 Å². The van der Waals surface area contributed by atoms with E-state index in [0.29, 0.717) is 46.7 Å². The van der Waals surface area contributed by atoms with Crippen LogP contribution in [0.5, 0.6) is 11.6 Å². The number of halogens is 1. The van der Waals surface area contributed by atoms with Crippen molar-refractivity contribution in [3.8, 4) is 22.8 Å². The molecule has 1 N–H and O–H groups in total. The Hall–Kier alpha value is -4.67. The zero-order chi connectivity index (χ0) is 34.6. The highest BCUT2D eigenvalue weighted by molar-refractivity contribution is 6.32. The average Bonchev–Trinajstić information content (AvgIpc) is 3.87. The molecule has 0 spiro atoms. The van der Waals surface area contributed by atoms with Gasteiger partial charge in [0.15, 0.2) is 5.82 Å². The first-order valence-corrected chi connectivity index (χ1v) is 17.4. The predicted octanol–water partition coefficient (Wildman–Crippen LogP) is 4.49. The summed E-state index contributed by atoms with van der Waals surface area (Å²) in [6.07, 6.45) is 13.3. The Labute approximate surface area is 295 Å². The van der Waals surface area contributed by atoms with Crippen molar-refractivity contribution >= 4 is 23.2 Å². The molecule has 1 saturated carbocycles. The number of ether oxygens (including phenoxy) is 3. The number of aromatic nitrogens is 11. The lowest BCUT2D eigenvalue weighted by Crippen LogP contribution is -2.51. The minimum absolute atomic E-state index is 0.215. The number of morpholine rings is 1. The molecule has 0 bridgehead atoms. The second-order valence-electron chi connectivity index (χ2n) is 13.2. The molecule has 5 aromatic rings. The quantitative estimate of drug-likeness (QED) is 0.194. The summed E-state index contributed by atoms with van der Waals surface area (Å²) >= 11 is 6.47. The van der Waals surface area contributed by atoms with Crippen LogP contribution in [0, 0.1) is 0 Å². The van der Waals surface area contributed by atoms with Gasteiger partial charge in [0.2, 0.25) is 5.95 Å². The molecule has 17 heteroatoms. The molecule has 16 nitrogen and oxygen atoms in total. The normalized spacial score (nSPS) is 21.9. The number of tetrazole rings is 1. The van der Waals surface area contributed by atoms with Gasteiger partial charge in [-0.15, -0.1) is 20.4 Å². The van der Waals surface area contributed by atoms with Gasteiger partial charge in [-0.3, -0.25) is 9.58 Å². The monoisotopic (exact) mass is 703 g/mol. The van der Waals surface area contributed by atoms with Crippen molar-refractivity contribution in [3.05, 3.63) is 60.3 Å². The number of hydrogen-bond acceptors (Lipinski definition) is 13. The molecule has 3 atom stereocenters. The number of nitrogens with one attached hydrogen (secondary N) is 1. The van der Waals surface area contributed by atoms with Crippen molar-refractivity contribution in [2.45, 2.75) is 90.0 Å². The van der Waals surface area contributed by atoms with E-state index in [1.165, 1.54) is 0 Å².